The van der Waals surface area contributed by atoms with Gasteiger partial charge in [-0.15, -0.1) is 0 Å². The van der Waals surface area contributed by atoms with Crippen LogP contribution in [0.5, 0.6) is 0 Å². The van der Waals surface area contributed by atoms with Crippen LogP contribution in [0.3, 0.4) is 0 Å². The van der Waals surface area contributed by atoms with E-state index in [-0.39, 0.29) is 65.1 Å². The third-order valence-electron chi connectivity index (χ3n) is 0. The number of hydrogen-bond acceptors (Lipinski definition) is 6. The fourth-order valence-corrected chi connectivity index (χ4v) is 0. The smallest absolute Gasteiger partial charge is 1.00 e. The summed E-state index contributed by atoms with van der Waals surface area (Å²) in [5.74, 6) is 0. The van der Waals surface area contributed by atoms with Gasteiger partial charge in [-0.1, -0.05) is 0 Å². The molecule has 0 radical (unpaired) electrons. The van der Waals surface area contributed by atoms with Crippen molar-refractivity contribution < 1.29 is 65.1 Å². The molecule has 15 heavy (non-hydrogen) atoms. The van der Waals surface area contributed by atoms with Crippen LogP contribution in [-0.4, -0.2) is 0 Å². The normalized spacial score (nSPS) is 0.800. The van der Waals surface area contributed by atoms with Gasteiger partial charge in [0.05, 0.1) is 0 Å². The SMILES string of the molecule is [C-]#N.[C-]#N.[C-]#N.[C-]#N.[C-]#N.[C-]#N.[Fe+6].[Fe].[H-].[Na+]. The van der Waals surface area contributed by atoms with Gasteiger partial charge in [-0.3, -0.25) is 0 Å². The molecule has 0 aromatic rings. The molecule has 0 heterocycles. The minimum absolute atomic E-state index is 0. The maximum atomic E-state index is 6.25. The average molecular weight is 292 g/mol. The number of hydrogen-bond donors (Lipinski definition) is 0. The topological polar surface area (TPSA) is 143 Å². The predicted molar refractivity (Wildman–Crippen MR) is 30.9 cm³/mol. The second-order valence-electron chi connectivity index (χ2n) is 0. The van der Waals surface area contributed by atoms with Crippen LogP contribution in [-0.2, 0) is 34.1 Å². The summed E-state index contributed by atoms with van der Waals surface area (Å²) >= 11 is 0. The second-order valence-corrected chi connectivity index (χ2v) is 0. The second kappa shape index (κ2) is 1790. The molecule has 0 aliphatic heterocycles. The Morgan fingerprint density at radius 1 is 0.467 bits per heavy atom. The molecule has 0 aromatic carbocycles. The van der Waals surface area contributed by atoms with E-state index in [9.17, 15) is 0 Å². The summed E-state index contributed by atoms with van der Waals surface area (Å²) in [6.45, 7) is 28.5. The molecular weight excluding hydrogens is 291 g/mol. The summed E-state index contributed by atoms with van der Waals surface area (Å²) in [6.07, 6.45) is 0. The van der Waals surface area contributed by atoms with Crippen molar-refractivity contribution in [2.45, 2.75) is 0 Å². The Bertz CT molecular complexity index is 106. The zero-order valence-corrected chi connectivity index (χ0v) is 11.6. The standard InChI is InChI=1S/6CN.2Fe.Na.H/c6*1-2;;;;/q6*-1;;+6;+1;-1. The predicted octanol–water partition coefficient (Wildman–Crippen LogP) is -2.31. The molecule has 6 nitrogen and oxygen atoms in total. The van der Waals surface area contributed by atoms with Crippen LogP contribution in [0.4, 0.5) is 0 Å². The van der Waals surface area contributed by atoms with E-state index < -0.39 is 0 Å². The zero-order valence-electron chi connectivity index (χ0n) is 8.39. The van der Waals surface area contributed by atoms with Gasteiger partial charge in [0, 0.05) is 17.1 Å². The minimum Gasteiger partial charge on any atom is -1.00 e. The molecule has 0 rings (SSSR count). The molecule has 0 N–H and O–H groups in total. The van der Waals surface area contributed by atoms with Crippen molar-refractivity contribution in [3.05, 3.63) is 39.4 Å². The molecule has 0 spiro atoms. The molecule has 0 amide bonds. The van der Waals surface area contributed by atoms with Crippen molar-refractivity contribution in [3.8, 4) is 0 Å². The van der Waals surface area contributed by atoms with Crippen molar-refractivity contribution in [1.82, 2.24) is 0 Å². The van der Waals surface area contributed by atoms with Crippen molar-refractivity contribution in [2.24, 2.45) is 0 Å². The monoisotopic (exact) mass is 292 g/mol. The fraction of sp³-hybridized carbons (Fsp3) is 0. The van der Waals surface area contributed by atoms with Crippen LogP contribution < -0.4 is 29.6 Å². The largest absolute Gasteiger partial charge is 6.00 e. The molecule has 0 atom stereocenters. The molecule has 72 valence electrons. The first kappa shape index (κ1) is 95.0. The summed E-state index contributed by atoms with van der Waals surface area (Å²) in [4.78, 5) is 0. The van der Waals surface area contributed by atoms with Crippen molar-refractivity contribution in [2.75, 3.05) is 0 Å². The summed E-state index contributed by atoms with van der Waals surface area (Å²) in [7, 11) is 0. The van der Waals surface area contributed by atoms with Gasteiger partial charge in [0.2, 0.25) is 0 Å². The molecule has 0 saturated heterocycles. The van der Waals surface area contributed by atoms with E-state index >= 15 is 0 Å². The molecule has 0 bridgehead atoms. The van der Waals surface area contributed by atoms with Gasteiger partial charge in [-0.05, 0) is 0 Å². The fourth-order valence-electron chi connectivity index (χ4n) is 0. The van der Waals surface area contributed by atoms with E-state index in [0.29, 0.717) is 0 Å². The van der Waals surface area contributed by atoms with E-state index in [1.807, 2.05) is 0 Å². The third-order valence-corrected chi connectivity index (χ3v) is 0. The Labute approximate surface area is 135 Å². The van der Waals surface area contributed by atoms with E-state index in [1.165, 1.54) is 0 Å². The summed E-state index contributed by atoms with van der Waals surface area (Å²) in [5, 5.41) is 37.5. The van der Waals surface area contributed by atoms with Crippen molar-refractivity contribution in [1.29, 1.82) is 31.6 Å². The van der Waals surface area contributed by atoms with E-state index in [0.717, 1.165) is 0 Å². The third kappa shape index (κ3) is 1500. The van der Waals surface area contributed by atoms with Gasteiger partial charge < -0.3 is 72.4 Å². The molecule has 0 fully saturated rings. The first-order valence-corrected chi connectivity index (χ1v) is 1.34. The molecule has 0 aliphatic carbocycles. The van der Waals surface area contributed by atoms with Crippen LogP contribution in [0.25, 0.3) is 0 Å². The Hall–Kier alpha value is -1.02. The Balaban J connectivity index is -0.00000000321. The Morgan fingerprint density at radius 3 is 0.467 bits per heavy atom. The van der Waals surface area contributed by atoms with Gasteiger partial charge in [0.1, 0.15) is 0 Å². The van der Waals surface area contributed by atoms with Gasteiger partial charge in [0.25, 0.3) is 0 Å². The van der Waals surface area contributed by atoms with E-state index in [4.69, 9.17) is 71.0 Å². The maximum absolute atomic E-state index is 6.25. The molecule has 9 heteroatoms. The molecule has 0 aliphatic rings. The number of nitrogens with zero attached hydrogens (tertiary/aromatic N) is 6. The van der Waals surface area contributed by atoms with Crippen LogP contribution in [0.2, 0.25) is 0 Å². The summed E-state index contributed by atoms with van der Waals surface area (Å²) < 4.78 is 0. The van der Waals surface area contributed by atoms with Gasteiger partial charge in [-0.2, -0.15) is 0 Å². The van der Waals surface area contributed by atoms with Crippen molar-refractivity contribution >= 4 is 0 Å². The average Bonchev–Trinajstić information content (AvgIpc) is 2.33. The minimum atomic E-state index is 0. The quantitative estimate of drug-likeness (QED) is 0.362. The first-order chi connectivity index (χ1) is 6.00. The van der Waals surface area contributed by atoms with Crippen LogP contribution >= 0.6 is 0 Å². The van der Waals surface area contributed by atoms with E-state index in [2.05, 4.69) is 0 Å². The summed E-state index contributed by atoms with van der Waals surface area (Å²) in [6, 6.07) is 0. The first-order valence-electron chi connectivity index (χ1n) is 1.34. The molecule has 0 aromatic heterocycles. The zero-order chi connectivity index (χ0) is 12.0. The Morgan fingerprint density at radius 2 is 0.467 bits per heavy atom. The molecule has 0 saturated carbocycles. The van der Waals surface area contributed by atoms with Gasteiger partial charge >= 0.3 is 46.6 Å². The van der Waals surface area contributed by atoms with E-state index in [1.54, 1.807) is 0 Å². The molecular formula is C6HFe2N6Na. The van der Waals surface area contributed by atoms with Crippen LogP contribution in [0.1, 0.15) is 1.43 Å². The Kier molecular flexibility index (Phi) is 11300. The van der Waals surface area contributed by atoms with Crippen molar-refractivity contribution in [3.63, 3.8) is 0 Å². The van der Waals surface area contributed by atoms with Gasteiger partial charge in [0.15, 0.2) is 0 Å². The van der Waals surface area contributed by atoms with Crippen LogP contribution in [0.15, 0.2) is 0 Å². The number of rotatable bonds is 0. The van der Waals surface area contributed by atoms with Gasteiger partial charge in [-0.25, -0.2) is 0 Å². The maximum Gasteiger partial charge on any atom is 6.00 e. The summed E-state index contributed by atoms with van der Waals surface area (Å²) in [5.41, 5.74) is 0. The van der Waals surface area contributed by atoms with Crippen LogP contribution in [0, 0.1) is 71.0 Å². The molecule has 0 unspecified atom stereocenters.